The Morgan fingerprint density at radius 1 is 1.00 bits per heavy atom. The number of anilines is 1. The molecular weight excluding hydrogens is 322 g/mol. The van der Waals surface area contributed by atoms with E-state index in [0.717, 1.165) is 10.5 Å². The summed E-state index contributed by atoms with van der Waals surface area (Å²) in [6.07, 6.45) is 0.547. The van der Waals surface area contributed by atoms with Crippen molar-refractivity contribution < 1.29 is 19.2 Å². The molecular formula is C18H23N3O4. The van der Waals surface area contributed by atoms with E-state index in [4.69, 9.17) is 0 Å². The summed E-state index contributed by atoms with van der Waals surface area (Å²) in [6.45, 7) is 7.74. The second-order valence-corrected chi connectivity index (χ2v) is 7.01. The monoisotopic (exact) mass is 345 g/mol. The van der Waals surface area contributed by atoms with E-state index in [9.17, 15) is 19.2 Å². The van der Waals surface area contributed by atoms with Gasteiger partial charge in [0, 0.05) is 12.2 Å². The molecule has 0 aromatic heterocycles. The standard InChI is InChI=1S/C18H23N3O4/c1-5-10-20-15(23)16(24)21(17(20)25)11-14(22)19-13-8-6-12(7-9-13)18(2,3)4/h6-9H,5,10-11H2,1-4H3,(H,19,22). The van der Waals surface area contributed by atoms with Gasteiger partial charge in [0.25, 0.3) is 0 Å². The Bertz CT molecular complexity index is 704. The van der Waals surface area contributed by atoms with Crippen LogP contribution < -0.4 is 5.32 Å². The van der Waals surface area contributed by atoms with E-state index in [1.165, 1.54) is 0 Å². The fraction of sp³-hybridized carbons (Fsp3) is 0.444. The highest BCUT2D eigenvalue weighted by Gasteiger charge is 2.44. The van der Waals surface area contributed by atoms with Gasteiger partial charge in [-0.3, -0.25) is 19.3 Å². The Morgan fingerprint density at radius 2 is 1.56 bits per heavy atom. The summed E-state index contributed by atoms with van der Waals surface area (Å²) in [6, 6.07) is 6.61. The van der Waals surface area contributed by atoms with Gasteiger partial charge in [-0.2, -0.15) is 0 Å². The summed E-state index contributed by atoms with van der Waals surface area (Å²) < 4.78 is 0. The van der Waals surface area contributed by atoms with Gasteiger partial charge in [-0.25, -0.2) is 9.69 Å². The van der Waals surface area contributed by atoms with Crippen LogP contribution in [0.1, 0.15) is 39.7 Å². The first-order chi connectivity index (χ1) is 11.6. The van der Waals surface area contributed by atoms with Crippen molar-refractivity contribution >= 4 is 29.4 Å². The average molecular weight is 345 g/mol. The van der Waals surface area contributed by atoms with E-state index < -0.39 is 30.3 Å². The van der Waals surface area contributed by atoms with Gasteiger partial charge in [0.1, 0.15) is 6.54 Å². The first-order valence-electron chi connectivity index (χ1n) is 8.23. The number of rotatable bonds is 5. The van der Waals surface area contributed by atoms with Crippen LogP contribution in [0.25, 0.3) is 0 Å². The van der Waals surface area contributed by atoms with Crippen molar-refractivity contribution in [2.45, 2.75) is 39.5 Å². The Balaban J connectivity index is 2.02. The quantitative estimate of drug-likeness (QED) is 0.654. The zero-order chi connectivity index (χ0) is 18.8. The Kier molecular flexibility index (Phi) is 5.25. The lowest BCUT2D eigenvalue weighted by atomic mass is 9.87. The van der Waals surface area contributed by atoms with E-state index in [-0.39, 0.29) is 12.0 Å². The third-order valence-electron chi connectivity index (χ3n) is 3.92. The third-order valence-corrected chi connectivity index (χ3v) is 3.92. The smallest absolute Gasteiger partial charge is 0.325 e. The molecule has 7 nitrogen and oxygen atoms in total. The number of hydrogen-bond donors (Lipinski definition) is 1. The van der Waals surface area contributed by atoms with Crippen molar-refractivity contribution in [3.63, 3.8) is 0 Å². The molecule has 1 aromatic carbocycles. The molecule has 0 atom stereocenters. The minimum atomic E-state index is -0.961. The number of urea groups is 1. The molecule has 2 rings (SSSR count). The molecule has 1 aliphatic heterocycles. The first kappa shape index (κ1) is 18.6. The minimum Gasteiger partial charge on any atom is -0.325 e. The highest BCUT2D eigenvalue weighted by atomic mass is 16.2. The number of carbonyl (C=O) groups excluding carboxylic acids is 4. The highest BCUT2D eigenvalue weighted by molar-refractivity contribution is 6.45. The molecule has 1 aromatic rings. The van der Waals surface area contributed by atoms with Crippen molar-refractivity contribution in [1.82, 2.24) is 9.80 Å². The summed E-state index contributed by atoms with van der Waals surface area (Å²) in [5.41, 5.74) is 1.69. The molecule has 1 aliphatic rings. The van der Waals surface area contributed by atoms with Gasteiger partial charge in [0.2, 0.25) is 5.91 Å². The fourth-order valence-electron chi connectivity index (χ4n) is 2.51. The predicted octanol–water partition coefficient (Wildman–Crippen LogP) is 2.12. The van der Waals surface area contributed by atoms with E-state index in [0.29, 0.717) is 17.0 Å². The van der Waals surface area contributed by atoms with Crippen LogP contribution in [0.4, 0.5) is 10.5 Å². The topological polar surface area (TPSA) is 86.8 Å². The molecule has 1 N–H and O–H groups in total. The molecule has 0 unspecified atom stereocenters. The number of hydrogen-bond acceptors (Lipinski definition) is 4. The van der Waals surface area contributed by atoms with Crippen molar-refractivity contribution in [1.29, 1.82) is 0 Å². The maximum Gasteiger partial charge on any atom is 0.334 e. The molecule has 0 aliphatic carbocycles. The summed E-state index contributed by atoms with van der Waals surface area (Å²) in [7, 11) is 0. The number of carbonyl (C=O) groups is 4. The Morgan fingerprint density at radius 3 is 2.08 bits per heavy atom. The van der Waals surface area contributed by atoms with Crippen LogP contribution >= 0.6 is 0 Å². The Labute approximate surface area is 147 Å². The fourth-order valence-corrected chi connectivity index (χ4v) is 2.51. The molecule has 25 heavy (non-hydrogen) atoms. The lowest BCUT2D eigenvalue weighted by molar-refractivity contribution is -0.143. The number of nitrogens with zero attached hydrogens (tertiary/aromatic N) is 2. The molecule has 134 valence electrons. The van der Waals surface area contributed by atoms with Crippen LogP contribution in [-0.2, 0) is 19.8 Å². The largest absolute Gasteiger partial charge is 0.334 e. The van der Waals surface area contributed by atoms with Crippen LogP contribution in [0.5, 0.6) is 0 Å². The van der Waals surface area contributed by atoms with E-state index in [2.05, 4.69) is 26.1 Å². The maximum absolute atomic E-state index is 12.1. The van der Waals surface area contributed by atoms with E-state index >= 15 is 0 Å². The van der Waals surface area contributed by atoms with Gasteiger partial charge in [0.15, 0.2) is 0 Å². The zero-order valence-electron chi connectivity index (χ0n) is 15.0. The molecule has 0 bridgehead atoms. The Hall–Kier alpha value is -2.70. The van der Waals surface area contributed by atoms with Crippen LogP contribution in [0.15, 0.2) is 24.3 Å². The van der Waals surface area contributed by atoms with Gasteiger partial charge in [-0.1, -0.05) is 39.8 Å². The van der Waals surface area contributed by atoms with Crippen molar-refractivity contribution in [2.24, 2.45) is 0 Å². The average Bonchev–Trinajstić information content (AvgIpc) is 2.73. The second kappa shape index (κ2) is 7.04. The van der Waals surface area contributed by atoms with Crippen molar-refractivity contribution in [3.8, 4) is 0 Å². The highest BCUT2D eigenvalue weighted by Crippen LogP contribution is 2.23. The molecule has 0 spiro atoms. The molecule has 1 heterocycles. The predicted molar refractivity (Wildman–Crippen MR) is 92.9 cm³/mol. The zero-order valence-corrected chi connectivity index (χ0v) is 15.0. The third kappa shape index (κ3) is 4.04. The number of benzene rings is 1. The van der Waals surface area contributed by atoms with Gasteiger partial charge < -0.3 is 5.32 Å². The summed E-state index contributed by atoms with van der Waals surface area (Å²) in [5, 5.41) is 2.64. The van der Waals surface area contributed by atoms with E-state index in [1.54, 1.807) is 19.1 Å². The normalized spacial score (nSPS) is 15.1. The van der Waals surface area contributed by atoms with Crippen LogP contribution in [0.3, 0.4) is 0 Å². The minimum absolute atomic E-state index is 0.0000261. The molecule has 0 radical (unpaired) electrons. The number of amides is 5. The lowest BCUT2D eigenvalue weighted by Gasteiger charge is -2.19. The maximum atomic E-state index is 12.1. The van der Waals surface area contributed by atoms with E-state index in [1.807, 2.05) is 12.1 Å². The van der Waals surface area contributed by atoms with Crippen LogP contribution in [-0.4, -0.2) is 46.6 Å². The van der Waals surface area contributed by atoms with Gasteiger partial charge in [-0.15, -0.1) is 0 Å². The van der Waals surface area contributed by atoms with Gasteiger partial charge >= 0.3 is 17.8 Å². The van der Waals surface area contributed by atoms with Crippen molar-refractivity contribution in [2.75, 3.05) is 18.4 Å². The van der Waals surface area contributed by atoms with Crippen LogP contribution in [0, 0.1) is 0 Å². The number of nitrogens with one attached hydrogen (secondary N) is 1. The van der Waals surface area contributed by atoms with Crippen LogP contribution in [0.2, 0.25) is 0 Å². The van der Waals surface area contributed by atoms with Gasteiger partial charge in [-0.05, 0) is 29.5 Å². The molecule has 5 amide bonds. The van der Waals surface area contributed by atoms with Crippen molar-refractivity contribution in [3.05, 3.63) is 29.8 Å². The summed E-state index contributed by atoms with van der Waals surface area (Å²) in [5.74, 6) is -2.37. The molecule has 1 saturated heterocycles. The summed E-state index contributed by atoms with van der Waals surface area (Å²) in [4.78, 5) is 49.4. The first-order valence-corrected chi connectivity index (χ1v) is 8.23. The lowest BCUT2D eigenvalue weighted by Crippen LogP contribution is -2.39. The number of imide groups is 2. The molecule has 7 heteroatoms. The summed E-state index contributed by atoms with van der Waals surface area (Å²) >= 11 is 0. The SMILES string of the molecule is CCCN1C(=O)C(=O)N(CC(=O)Nc2ccc(C(C)(C)C)cc2)C1=O. The molecule has 1 fully saturated rings. The van der Waals surface area contributed by atoms with Gasteiger partial charge in [0.05, 0.1) is 0 Å². The second-order valence-electron chi connectivity index (χ2n) is 7.01. The molecule has 0 saturated carbocycles.